The first-order valence-electron chi connectivity index (χ1n) is 13.3. The lowest BCUT2D eigenvalue weighted by Gasteiger charge is -2.38. The van der Waals surface area contributed by atoms with Gasteiger partial charge in [-0.15, -0.1) is 0 Å². The molecule has 40 heavy (non-hydrogen) atoms. The Morgan fingerprint density at radius 1 is 1.10 bits per heavy atom. The van der Waals surface area contributed by atoms with Crippen molar-refractivity contribution in [2.75, 3.05) is 13.1 Å². The molecule has 1 aliphatic rings. The van der Waals surface area contributed by atoms with Crippen molar-refractivity contribution in [2.45, 2.75) is 51.6 Å². The topological polar surface area (TPSA) is 132 Å². The number of carbonyl (C=O) groups is 4. The van der Waals surface area contributed by atoms with Crippen LogP contribution in [-0.2, 0) is 33.8 Å². The number of hydrogen-bond acceptors (Lipinski definition) is 6. The number of hydrogen-bond donors (Lipinski definition) is 1. The minimum atomic E-state index is -0.530. The second kappa shape index (κ2) is 12.5. The lowest BCUT2D eigenvalue weighted by molar-refractivity contribution is -0.384. The molecule has 1 fully saturated rings. The van der Waals surface area contributed by atoms with E-state index in [0.29, 0.717) is 36.8 Å². The molecule has 3 aromatic rings. The number of aryl methyl sites for hydroxylation is 1. The lowest BCUT2D eigenvalue weighted by Crippen LogP contribution is -2.61. The molecule has 0 saturated carbocycles. The predicted octanol–water partition coefficient (Wildman–Crippen LogP) is 3.79. The maximum absolute atomic E-state index is 13.2. The van der Waals surface area contributed by atoms with Crippen molar-refractivity contribution in [1.82, 2.24) is 14.8 Å². The van der Waals surface area contributed by atoms with Gasteiger partial charge in [-0.1, -0.05) is 37.8 Å². The minimum absolute atomic E-state index is 0.0489. The third kappa shape index (κ3) is 6.51. The van der Waals surface area contributed by atoms with E-state index in [1.54, 1.807) is 15.7 Å². The molecular formula is C30H32N4O6. The van der Waals surface area contributed by atoms with Gasteiger partial charge in [-0.05, 0) is 36.1 Å². The van der Waals surface area contributed by atoms with E-state index >= 15 is 0 Å². The molecule has 10 nitrogen and oxygen atoms in total. The molecule has 0 atom stereocenters. The Morgan fingerprint density at radius 3 is 2.50 bits per heavy atom. The number of nitrogens with one attached hydrogen (secondary N) is 1. The van der Waals surface area contributed by atoms with Crippen LogP contribution in [0.3, 0.4) is 0 Å². The van der Waals surface area contributed by atoms with Crippen molar-refractivity contribution in [3.63, 3.8) is 0 Å². The molecule has 1 N–H and O–H groups in total. The number of nitro benzene ring substituents is 1. The quantitative estimate of drug-likeness (QED) is 0.151. The number of ketones is 2. The van der Waals surface area contributed by atoms with Crippen molar-refractivity contribution in [1.29, 1.82) is 0 Å². The van der Waals surface area contributed by atoms with Crippen LogP contribution in [0, 0.1) is 10.1 Å². The summed E-state index contributed by atoms with van der Waals surface area (Å²) < 4.78 is 1.60. The van der Waals surface area contributed by atoms with Crippen molar-refractivity contribution >= 4 is 40.0 Å². The Morgan fingerprint density at radius 2 is 1.82 bits per heavy atom. The summed E-state index contributed by atoms with van der Waals surface area (Å²) in [6, 6.07) is 11.8. The van der Waals surface area contributed by atoms with Crippen LogP contribution < -0.4 is 5.32 Å². The molecule has 0 radical (unpaired) electrons. The van der Waals surface area contributed by atoms with Crippen molar-refractivity contribution in [3.8, 4) is 0 Å². The summed E-state index contributed by atoms with van der Waals surface area (Å²) in [5, 5.41) is 14.6. The lowest BCUT2D eigenvalue weighted by atomic mass is 9.97. The first-order chi connectivity index (χ1) is 19.2. The van der Waals surface area contributed by atoms with Crippen LogP contribution in [-0.4, -0.2) is 56.9 Å². The van der Waals surface area contributed by atoms with Crippen LogP contribution in [0.1, 0.15) is 47.7 Å². The maximum Gasteiger partial charge on any atom is 0.270 e. The first-order valence-corrected chi connectivity index (χ1v) is 13.3. The number of carbonyl (C=O) groups excluding carboxylic acids is 4. The second-order valence-electron chi connectivity index (χ2n) is 9.96. The molecule has 1 aromatic heterocycles. The van der Waals surface area contributed by atoms with Crippen LogP contribution in [0.5, 0.6) is 0 Å². The van der Waals surface area contributed by atoms with Gasteiger partial charge in [0.2, 0.25) is 11.8 Å². The fraction of sp³-hybridized carbons (Fsp3) is 0.333. The molecule has 0 spiro atoms. The van der Waals surface area contributed by atoms with Gasteiger partial charge in [0.25, 0.3) is 5.69 Å². The Labute approximate surface area is 231 Å². The van der Waals surface area contributed by atoms with Crippen LogP contribution in [0.4, 0.5) is 5.69 Å². The molecule has 2 aromatic carbocycles. The normalized spacial score (nSPS) is 13.1. The van der Waals surface area contributed by atoms with E-state index in [4.69, 9.17) is 0 Å². The highest BCUT2D eigenvalue weighted by atomic mass is 16.6. The van der Waals surface area contributed by atoms with Gasteiger partial charge in [0.15, 0.2) is 5.78 Å². The van der Waals surface area contributed by atoms with E-state index in [1.165, 1.54) is 24.3 Å². The monoisotopic (exact) mass is 544 g/mol. The number of rotatable bonds is 13. The maximum atomic E-state index is 13.2. The molecule has 1 saturated heterocycles. The van der Waals surface area contributed by atoms with Gasteiger partial charge in [0.1, 0.15) is 12.3 Å². The summed E-state index contributed by atoms with van der Waals surface area (Å²) in [6.07, 6.45) is 4.63. The number of amides is 2. The Kier molecular flexibility index (Phi) is 8.88. The van der Waals surface area contributed by atoms with E-state index in [9.17, 15) is 29.3 Å². The number of nitrogens with zero attached hydrogens (tertiary/aromatic N) is 3. The zero-order valence-electron chi connectivity index (χ0n) is 22.4. The largest absolute Gasteiger partial charge is 0.348 e. The molecule has 1 aliphatic heterocycles. The van der Waals surface area contributed by atoms with Crippen molar-refractivity contribution < 1.29 is 24.1 Å². The Hall–Kier alpha value is -4.60. The van der Waals surface area contributed by atoms with Gasteiger partial charge in [0.05, 0.1) is 11.0 Å². The molecule has 10 heteroatoms. The minimum Gasteiger partial charge on any atom is -0.348 e. The van der Waals surface area contributed by atoms with Gasteiger partial charge >= 0.3 is 0 Å². The summed E-state index contributed by atoms with van der Waals surface area (Å²) in [5.74, 6) is -0.696. The fourth-order valence-electron chi connectivity index (χ4n) is 5.02. The first kappa shape index (κ1) is 28.4. The number of fused-ring (bicyclic) bond motifs is 1. The highest BCUT2D eigenvalue weighted by molar-refractivity contribution is 6.09. The smallest absolute Gasteiger partial charge is 0.270 e. The number of likely N-dealkylation sites (tertiary alicyclic amines) is 1. The zero-order valence-corrected chi connectivity index (χ0v) is 22.4. The van der Waals surface area contributed by atoms with Gasteiger partial charge in [-0.25, -0.2) is 0 Å². The molecular weight excluding hydrogens is 512 g/mol. The van der Waals surface area contributed by atoms with Gasteiger partial charge in [-0.3, -0.25) is 29.3 Å². The van der Waals surface area contributed by atoms with Gasteiger partial charge in [0, 0.05) is 67.1 Å². The summed E-state index contributed by atoms with van der Waals surface area (Å²) >= 11 is 0. The van der Waals surface area contributed by atoms with E-state index in [2.05, 4.69) is 11.9 Å². The zero-order chi connectivity index (χ0) is 28.8. The Balaban J connectivity index is 1.42. The number of benzene rings is 2. The molecule has 0 bridgehead atoms. The fourth-order valence-corrected chi connectivity index (χ4v) is 5.02. The predicted molar refractivity (Wildman–Crippen MR) is 150 cm³/mol. The number of Topliss-reactive ketones (excluding diaryl/α,β-unsaturated/α-hetero) is 2. The summed E-state index contributed by atoms with van der Waals surface area (Å²) in [7, 11) is 0. The number of non-ortho nitro benzene ring substituents is 1. The molecule has 0 unspecified atom stereocenters. The molecule has 2 heterocycles. The SMILES string of the molecule is C=CC(=O)N1CC(NC(=O)Cn2cc(C(=O)CCCC(=O)Cc3ccccc3CC)c3cc([N+](=O)[O-])ccc32)C1. The number of nitro groups is 1. The molecule has 2 amide bonds. The van der Waals surface area contributed by atoms with Gasteiger partial charge < -0.3 is 14.8 Å². The summed E-state index contributed by atoms with van der Waals surface area (Å²) in [6.45, 7) is 6.18. The number of aromatic nitrogens is 1. The van der Waals surface area contributed by atoms with Crippen LogP contribution in [0.15, 0.2) is 61.3 Å². The highest BCUT2D eigenvalue weighted by Crippen LogP contribution is 2.28. The average Bonchev–Trinajstić information content (AvgIpc) is 3.27. The third-order valence-electron chi connectivity index (χ3n) is 7.17. The van der Waals surface area contributed by atoms with E-state index < -0.39 is 4.92 Å². The summed E-state index contributed by atoms with van der Waals surface area (Å²) in [4.78, 5) is 62.5. The van der Waals surface area contributed by atoms with Crippen molar-refractivity contribution in [3.05, 3.63) is 88.1 Å². The average molecular weight is 545 g/mol. The van der Waals surface area contributed by atoms with Crippen LogP contribution in [0.25, 0.3) is 10.9 Å². The highest BCUT2D eigenvalue weighted by Gasteiger charge is 2.30. The van der Waals surface area contributed by atoms with E-state index in [-0.39, 0.29) is 60.1 Å². The third-order valence-corrected chi connectivity index (χ3v) is 7.17. The molecule has 4 rings (SSSR count). The standard InChI is InChI=1S/C30H32N4O6/c1-3-20-8-5-6-9-21(20)14-24(35)10-7-11-28(36)26-18-32(27-13-12-23(34(39)40)15-25(26)27)19-29(37)31-22-16-33(17-22)30(38)4-2/h4-6,8-9,12-13,15,18,22H,2-3,7,10-11,14,16-17,19H2,1H3,(H,31,37). The van der Waals surface area contributed by atoms with Crippen LogP contribution in [0.2, 0.25) is 0 Å². The van der Waals surface area contributed by atoms with Crippen LogP contribution >= 0.6 is 0 Å². The van der Waals surface area contributed by atoms with Gasteiger partial charge in [-0.2, -0.15) is 0 Å². The summed E-state index contributed by atoms with van der Waals surface area (Å²) in [5.41, 5.74) is 2.77. The van der Waals surface area contributed by atoms with E-state index in [1.807, 2.05) is 31.2 Å². The molecule has 0 aliphatic carbocycles. The Bertz CT molecular complexity index is 1480. The van der Waals surface area contributed by atoms with Crippen molar-refractivity contribution in [2.24, 2.45) is 0 Å². The second-order valence-corrected chi connectivity index (χ2v) is 9.96. The van der Waals surface area contributed by atoms with E-state index in [0.717, 1.165) is 17.5 Å². The molecule has 208 valence electrons.